The van der Waals surface area contributed by atoms with Crippen molar-refractivity contribution in [3.05, 3.63) is 59.7 Å². The van der Waals surface area contributed by atoms with Crippen molar-refractivity contribution < 1.29 is 14.0 Å². The van der Waals surface area contributed by atoms with Crippen molar-refractivity contribution in [1.82, 2.24) is 10.3 Å². The monoisotopic (exact) mass is 383 g/mol. The average molecular weight is 383 g/mol. The number of carbonyl (C=O) groups excluding carboxylic acids is 2. The Labute approximate surface area is 161 Å². The highest BCUT2D eigenvalue weighted by Crippen LogP contribution is 2.25. The Kier molecular flexibility index (Phi) is 6.38. The molecule has 0 aliphatic heterocycles. The number of nitrogens with zero attached hydrogens (tertiary/aromatic N) is 1. The highest BCUT2D eigenvalue weighted by Gasteiger charge is 2.21. The van der Waals surface area contributed by atoms with Crippen LogP contribution in [0.15, 0.2) is 58.5 Å². The summed E-state index contributed by atoms with van der Waals surface area (Å²) in [6.07, 6.45) is 3.16. The van der Waals surface area contributed by atoms with E-state index < -0.39 is 6.04 Å². The summed E-state index contributed by atoms with van der Waals surface area (Å²) in [6.45, 7) is 1.97. The number of anilines is 1. The standard InChI is InChI=1S/C20H21N3O3S/c1-2-7-15(21-18(24)12-14-8-4-3-5-9-14)19(25)23-20-22-16(13-27-20)17-10-6-11-26-17/h3-6,8-11,13,15H,2,7,12H2,1H3,(H,21,24)(H,22,23,25). The fraction of sp³-hybridized carbons (Fsp3) is 0.250. The van der Waals surface area contributed by atoms with Crippen LogP contribution in [-0.2, 0) is 16.0 Å². The van der Waals surface area contributed by atoms with E-state index in [4.69, 9.17) is 4.42 Å². The largest absolute Gasteiger partial charge is 0.463 e. The van der Waals surface area contributed by atoms with Gasteiger partial charge in [-0.15, -0.1) is 11.3 Å². The van der Waals surface area contributed by atoms with Crippen molar-refractivity contribution in [2.45, 2.75) is 32.2 Å². The second kappa shape index (κ2) is 9.14. The third-order valence-electron chi connectivity index (χ3n) is 3.94. The van der Waals surface area contributed by atoms with Gasteiger partial charge in [0.25, 0.3) is 0 Å². The maximum atomic E-state index is 12.6. The lowest BCUT2D eigenvalue weighted by atomic mass is 10.1. The highest BCUT2D eigenvalue weighted by molar-refractivity contribution is 7.14. The molecule has 140 valence electrons. The lowest BCUT2D eigenvalue weighted by molar-refractivity contribution is -0.126. The van der Waals surface area contributed by atoms with Gasteiger partial charge in [0.15, 0.2) is 10.9 Å². The van der Waals surface area contributed by atoms with Crippen LogP contribution in [0, 0.1) is 0 Å². The summed E-state index contributed by atoms with van der Waals surface area (Å²) in [5, 5.41) is 7.91. The smallest absolute Gasteiger partial charge is 0.248 e. The van der Waals surface area contributed by atoms with Crippen LogP contribution in [0.2, 0.25) is 0 Å². The molecule has 1 atom stereocenters. The first-order valence-electron chi connectivity index (χ1n) is 8.79. The third kappa shape index (κ3) is 5.27. The Morgan fingerprint density at radius 1 is 1.19 bits per heavy atom. The summed E-state index contributed by atoms with van der Waals surface area (Å²) in [6, 6.07) is 12.5. The van der Waals surface area contributed by atoms with E-state index in [2.05, 4.69) is 15.6 Å². The van der Waals surface area contributed by atoms with E-state index in [0.717, 1.165) is 12.0 Å². The van der Waals surface area contributed by atoms with E-state index in [9.17, 15) is 9.59 Å². The molecule has 0 saturated heterocycles. The zero-order chi connectivity index (χ0) is 19.1. The first-order chi connectivity index (χ1) is 13.2. The summed E-state index contributed by atoms with van der Waals surface area (Å²) in [5.74, 6) is 0.205. The van der Waals surface area contributed by atoms with Gasteiger partial charge in [-0.2, -0.15) is 0 Å². The van der Waals surface area contributed by atoms with Crippen LogP contribution in [0.25, 0.3) is 11.5 Å². The molecule has 0 aliphatic carbocycles. The number of aromatic nitrogens is 1. The van der Waals surface area contributed by atoms with Crippen LogP contribution in [0.4, 0.5) is 5.13 Å². The molecule has 27 heavy (non-hydrogen) atoms. The molecule has 7 heteroatoms. The molecule has 0 fully saturated rings. The van der Waals surface area contributed by atoms with E-state index in [0.29, 0.717) is 23.0 Å². The van der Waals surface area contributed by atoms with Gasteiger partial charge in [-0.3, -0.25) is 9.59 Å². The summed E-state index contributed by atoms with van der Waals surface area (Å²) in [4.78, 5) is 29.3. The molecule has 2 N–H and O–H groups in total. The molecule has 2 aromatic heterocycles. The Morgan fingerprint density at radius 2 is 2.00 bits per heavy atom. The van der Waals surface area contributed by atoms with Crippen LogP contribution in [0.5, 0.6) is 0 Å². The van der Waals surface area contributed by atoms with E-state index in [1.54, 1.807) is 12.3 Å². The number of carbonyl (C=O) groups is 2. The summed E-state index contributed by atoms with van der Waals surface area (Å²) < 4.78 is 5.31. The van der Waals surface area contributed by atoms with E-state index in [1.807, 2.05) is 48.7 Å². The number of hydrogen-bond donors (Lipinski definition) is 2. The van der Waals surface area contributed by atoms with Crippen molar-refractivity contribution in [1.29, 1.82) is 0 Å². The molecule has 0 saturated carbocycles. The molecule has 1 unspecified atom stereocenters. The van der Waals surface area contributed by atoms with Crippen molar-refractivity contribution in [2.75, 3.05) is 5.32 Å². The molecule has 2 amide bonds. The van der Waals surface area contributed by atoms with Gasteiger partial charge in [0.2, 0.25) is 11.8 Å². The fourth-order valence-electron chi connectivity index (χ4n) is 2.65. The molecule has 6 nitrogen and oxygen atoms in total. The molecule has 3 rings (SSSR count). The number of hydrogen-bond acceptors (Lipinski definition) is 5. The Bertz CT molecular complexity index is 875. The fourth-order valence-corrected chi connectivity index (χ4v) is 3.35. The predicted molar refractivity (Wildman–Crippen MR) is 105 cm³/mol. The van der Waals surface area contributed by atoms with Gasteiger partial charge < -0.3 is 15.1 Å². The topological polar surface area (TPSA) is 84.2 Å². The zero-order valence-electron chi connectivity index (χ0n) is 15.0. The second-order valence-corrected chi connectivity index (χ2v) is 6.93. The third-order valence-corrected chi connectivity index (χ3v) is 4.70. The molecule has 2 heterocycles. The number of furan rings is 1. The van der Waals surface area contributed by atoms with Crippen LogP contribution < -0.4 is 10.6 Å². The first kappa shape index (κ1) is 18.8. The van der Waals surface area contributed by atoms with Crippen molar-refractivity contribution in [3.63, 3.8) is 0 Å². The molecule has 3 aromatic rings. The minimum absolute atomic E-state index is 0.176. The number of benzene rings is 1. The quantitative estimate of drug-likeness (QED) is 0.618. The molecule has 1 aromatic carbocycles. The minimum Gasteiger partial charge on any atom is -0.463 e. The van der Waals surface area contributed by atoms with Gasteiger partial charge in [-0.1, -0.05) is 43.7 Å². The second-order valence-electron chi connectivity index (χ2n) is 6.08. The Morgan fingerprint density at radius 3 is 2.70 bits per heavy atom. The SMILES string of the molecule is CCCC(NC(=O)Cc1ccccc1)C(=O)Nc1nc(-c2ccco2)cs1. The molecule has 0 radical (unpaired) electrons. The van der Waals surface area contributed by atoms with Gasteiger partial charge in [0.05, 0.1) is 12.7 Å². The lowest BCUT2D eigenvalue weighted by Gasteiger charge is -2.17. The van der Waals surface area contributed by atoms with Gasteiger partial charge >= 0.3 is 0 Å². The highest BCUT2D eigenvalue weighted by atomic mass is 32.1. The van der Waals surface area contributed by atoms with Gasteiger partial charge in [0.1, 0.15) is 11.7 Å². The number of rotatable bonds is 8. The van der Waals surface area contributed by atoms with Crippen LogP contribution in [-0.4, -0.2) is 22.8 Å². The Hall–Kier alpha value is -2.93. The van der Waals surface area contributed by atoms with Crippen LogP contribution in [0.3, 0.4) is 0 Å². The normalized spacial score (nSPS) is 11.7. The van der Waals surface area contributed by atoms with Crippen LogP contribution >= 0.6 is 11.3 Å². The number of amides is 2. The van der Waals surface area contributed by atoms with E-state index in [-0.39, 0.29) is 18.2 Å². The summed E-state index contributed by atoms with van der Waals surface area (Å²) >= 11 is 1.32. The van der Waals surface area contributed by atoms with E-state index >= 15 is 0 Å². The minimum atomic E-state index is -0.595. The number of nitrogens with one attached hydrogen (secondary N) is 2. The van der Waals surface area contributed by atoms with Crippen LogP contribution in [0.1, 0.15) is 25.3 Å². The number of thiazole rings is 1. The predicted octanol–water partition coefficient (Wildman–Crippen LogP) is 3.87. The molecule has 0 aliphatic rings. The zero-order valence-corrected chi connectivity index (χ0v) is 15.8. The summed E-state index contributed by atoms with van der Waals surface area (Å²) in [7, 11) is 0. The van der Waals surface area contributed by atoms with E-state index in [1.165, 1.54) is 11.3 Å². The molecule has 0 bridgehead atoms. The van der Waals surface area contributed by atoms with Gasteiger partial charge in [-0.05, 0) is 24.1 Å². The van der Waals surface area contributed by atoms with Crippen molar-refractivity contribution >= 4 is 28.3 Å². The molecule has 0 spiro atoms. The summed E-state index contributed by atoms with van der Waals surface area (Å²) in [5.41, 5.74) is 1.58. The Balaban J connectivity index is 1.60. The van der Waals surface area contributed by atoms with Gasteiger partial charge in [-0.25, -0.2) is 4.98 Å². The average Bonchev–Trinajstić information content (AvgIpc) is 3.33. The molecular formula is C20H21N3O3S. The maximum Gasteiger partial charge on any atom is 0.248 e. The first-order valence-corrected chi connectivity index (χ1v) is 9.67. The van der Waals surface area contributed by atoms with Gasteiger partial charge in [0, 0.05) is 5.38 Å². The van der Waals surface area contributed by atoms with Crippen molar-refractivity contribution in [3.8, 4) is 11.5 Å². The molecular weight excluding hydrogens is 362 g/mol. The maximum absolute atomic E-state index is 12.6. The van der Waals surface area contributed by atoms with Crippen molar-refractivity contribution in [2.24, 2.45) is 0 Å². The lowest BCUT2D eigenvalue weighted by Crippen LogP contribution is -2.44.